The molecule has 174 valence electrons. The van der Waals surface area contributed by atoms with E-state index in [9.17, 15) is 4.79 Å². The van der Waals surface area contributed by atoms with E-state index in [0.717, 1.165) is 17.5 Å². The Hall–Kier alpha value is -3.43. The van der Waals surface area contributed by atoms with E-state index in [-0.39, 0.29) is 11.9 Å². The number of halogens is 2. The van der Waals surface area contributed by atoms with E-state index in [1.165, 1.54) is 24.3 Å². The van der Waals surface area contributed by atoms with Gasteiger partial charge in [-0.3, -0.25) is 4.79 Å². The molecule has 0 bridgehead atoms. The molecule has 0 unspecified atom stereocenters. The molecule has 9 nitrogen and oxygen atoms in total. The van der Waals surface area contributed by atoms with Gasteiger partial charge in [0.2, 0.25) is 11.8 Å². The first-order chi connectivity index (χ1) is 16.5. The normalized spacial score (nSPS) is 15.6. The van der Waals surface area contributed by atoms with Gasteiger partial charge in [0, 0.05) is 17.1 Å². The number of nitrogens with zero attached hydrogens (tertiary/aromatic N) is 6. The van der Waals surface area contributed by atoms with Crippen LogP contribution in [0.4, 0.5) is 0 Å². The Labute approximate surface area is 205 Å². The van der Waals surface area contributed by atoms with Gasteiger partial charge in [0.25, 0.3) is 5.91 Å². The van der Waals surface area contributed by atoms with E-state index in [1.807, 2.05) is 25.1 Å². The molecule has 0 radical (unpaired) electrons. The van der Waals surface area contributed by atoms with Crippen molar-refractivity contribution in [1.82, 2.24) is 30.1 Å². The molecule has 2 aromatic heterocycles. The molecule has 4 aromatic rings. The summed E-state index contributed by atoms with van der Waals surface area (Å²) in [5, 5.41) is 17.8. The van der Waals surface area contributed by atoms with Crippen LogP contribution < -0.4 is 4.74 Å². The van der Waals surface area contributed by atoms with Crippen LogP contribution in [-0.4, -0.2) is 49.7 Å². The number of amides is 1. The molecule has 0 spiro atoms. The predicted molar refractivity (Wildman–Crippen MR) is 125 cm³/mol. The van der Waals surface area contributed by atoms with E-state index in [1.54, 1.807) is 17.0 Å². The van der Waals surface area contributed by atoms with Crippen molar-refractivity contribution in [3.05, 3.63) is 69.8 Å². The molecule has 1 atom stereocenters. The van der Waals surface area contributed by atoms with Crippen LogP contribution in [0.15, 0.2) is 47.1 Å². The van der Waals surface area contributed by atoms with Crippen LogP contribution in [0.2, 0.25) is 10.0 Å². The number of benzene rings is 2. The SMILES string of the molecule is COc1cc(C(=O)N2CCC[C@H]2c2nnc(-c3cccc(Cl)c3C)o2)c(-n2nccn2)cc1Cl. The van der Waals surface area contributed by atoms with Crippen molar-refractivity contribution in [2.24, 2.45) is 0 Å². The Kier molecular flexibility index (Phi) is 5.97. The van der Waals surface area contributed by atoms with Crippen molar-refractivity contribution >= 4 is 29.1 Å². The third-order valence-electron chi connectivity index (χ3n) is 5.87. The quantitative estimate of drug-likeness (QED) is 0.384. The van der Waals surface area contributed by atoms with E-state index >= 15 is 0 Å². The van der Waals surface area contributed by atoms with Gasteiger partial charge in [0.05, 0.1) is 30.1 Å². The first-order valence-corrected chi connectivity index (χ1v) is 11.4. The van der Waals surface area contributed by atoms with E-state index in [4.69, 9.17) is 32.4 Å². The van der Waals surface area contributed by atoms with Crippen LogP contribution in [0.5, 0.6) is 5.75 Å². The van der Waals surface area contributed by atoms with Crippen molar-refractivity contribution in [3.8, 4) is 22.9 Å². The number of aromatic nitrogens is 5. The number of carbonyl (C=O) groups excluding carboxylic acids is 1. The molecule has 1 saturated heterocycles. The molecule has 1 amide bonds. The summed E-state index contributed by atoms with van der Waals surface area (Å²) in [5.74, 6) is 0.889. The molecular weight excluding hydrogens is 479 g/mol. The smallest absolute Gasteiger partial charge is 0.256 e. The standard InChI is InChI=1S/C23H20Cl2N6O3/c1-13-14(5-3-6-16(13)24)21-28-29-22(34-21)18-7-4-10-30(18)23(32)15-11-20(33-2)17(25)12-19(15)31-26-8-9-27-31/h3,5-6,8-9,11-12,18H,4,7,10H2,1-2H3/t18-/m0/s1. The van der Waals surface area contributed by atoms with Gasteiger partial charge in [-0.25, -0.2) is 0 Å². The van der Waals surface area contributed by atoms with Gasteiger partial charge in [0.1, 0.15) is 17.5 Å². The Morgan fingerprint density at radius 2 is 1.94 bits per heavy atom. The molecular formula is C23H20Cl2N6O3. The summed E-state index contributed by atoms with van der Waals surface area (Å²) < 4.78 is 11.4. The van der Waals surface area contributed by atoms with Crippen LogP contribution >= 0.6 is 23.2 Å². The predicted octanol–water partition coefficient (Wildman–Crippen LogP) is 4.92. The molecule has 5 rings (SSSR count). The third kappa shape index (κ3) is 3.91. The van der Waals surface area contributed by atoms with Gasteiger partial charge in [-0.15, -0.1) is 10.2 Å². The van der Waals surface area contributed by atoms with Crippen molar-refractivity contribution in [2.75, 3.05) is 13.7 Å². The molecule has 3 heterocycles. The minimum atomic E-state index is -0.367. The molecule has 11 heteroatoms. The third-order valence-corrected chi connectivity index (χ3v) is 6.58. The van der Waals surface area contributed by atoms with Gasteiger partial charge < -0.3 is 14.1 Å². The lowest BCUT2D eigenvalue weighted by molar-refractivity contribution is 0.0715. The van der Waals surface area contributed by atoms with Gasteiger partial charge in [0.15, 0.2) is 0 Å². The highest BCUT2D eigenvalue weighted by Gasteiger charge is 2.36. The van der Waals surface area contributed by atoms with E-state index < -0.39 is 0 Å². The zero-order valence-electron chi connectivity index (χ0n) is 18.4. The molecule has 34 heavy (non-hydrogen) atoms. The first kappa shape index (κ1) is 22.4. The maximum atomic E-state index is 13.8. The minimum Gasteiger partial charge on any atom is -0.495 e. The number of hydrogen-bond acceptors (Lipinski definition) is 7. The Bertz CT molecular complexity index is 1360. The molecule has 0 N–H and O–H groups in total. The van der Waals surface area contributed by atoms with Gasteiger partial charge in [-0.05, 0) is 49.6 Å². The van der Waals surface area contributed by atoms with Crippen LogP contribution in [-0.2, 0) is 0 Å². The largest absolute Gasteiger partial charge is 0.495 e. The second-order valence-electron chi connectivity index (χ2n) is 7.84. The molecule has 0 saturated carbocycles. The lowest BCUT2D eigenvalue weighted by Crippen LogP contribution is -2.31. The zero-order chi connectivity index (χ0) is 23.8. The number of methoxy groups -OCH3 is 1. The number of ether oxygens (including phenoxy) is 1. The summed E-state index contributed by atoms with van der Waals surface area (Å²) in [6, 6.07) is 8.37. The number of hydrogen-bond donors (Lipinski definition) is 0. The van der Waals surface area contributed by atoms with Crippen LogP contribution in [0.1, 0.15) is 40.7 Å². The summed E-state index contributed by atoms with van der Waals surface area (Å²) >= 11 is 12.6. The number of carbonyl (C=O) groups is 1. The molecule has 1 aliphatic heterocycles. The van der Waals surface area contributed by atoms with Crippen molar-refractivity contribution in [2.45, 2.75) is 25.8 Å². The highest BCUT2D eigenvalue weighted by Crippen LogP contribution is 2.37. The molecule has 2 aromatic carbocycles. The maximum absolute atomic E-state index is 13.8. The summed E-state index contributed by atoms with van der Waals surface area (Å²) in [7, 11) is 1.50. The van der Waals surface area contributed by atoms with Crippen LogP contribution in [0.25, 0.3) is 17.1 Å². The lowest BCUT2D eigenvalue weighted by Gasteiger charge is -2.23. The average molecular weight is 499 g/mol. The summed E-state index contributed by atoms with van der Waals surface area (Å²) in [4.78, 5) is 16.8. The summed E-state index contributed by atoms with van der Waals surface area (Å²) in [5.41, 5.74) is 2.42. The Morgan fingerprint density at radius 3 is 2.71 bits per heavy atom. The average Bonchev–Trinajstić information content (AvgIpc) is 3.61. The Balaban J connectivity index is 1.50. The van der Waals surface area contributed by atoms with Gasteiger partial charge in [-0.2, -0.15) is 15.0 Å². The topological polar surface area (TPSA) is 99.2 Å². The summed E-state index contributed by atoms with van der Waals surface area (Å²) in [6.07, 6.45) is 4.55. The summed E-state index contributed by atoms with van der Waals surface area (Å²) in [6.45, 7) is 2.43. The van der Waals surface area contributed by atoms with E-state index in [2.05, 4.69) is 20.4 Å². The number of likely N-dealkylation sites (tertiary alicyclic amines) is 1. The second kappa shape index (κ2) is 9.08. The number of rotatable bonds is 5. The lowest BCUT2D eigenvalue weighted by atomic mass is 10.1. The first-order valence-electron chi connectivity index (χ1n) is 10.6. The van der Waals surface area contributed by atoms with Crippen LogP contribution in [0, 0.1) is 6.92 Å². The fraction of sp³-hybridized carbons (Fsp3) is 0.261. The fourth-order valence-corrected chi connectivity index (χ4v) is 4.52. The van der Waals surface area contributed by atoms with Crippen LogP contribution in [0.3, 0.4) is 0 Å². The van der Waals surface area contributed by atoms with Gasteiger partial charge >= 0.3 is 0 Å². The maximum Gasteiger partial charge on any atom is 0.256 e. The monoisotopic (exact) mass is 498 g/mol. The zero-order valence-corrected chi connectivity index (χ0v) is 19.9. The second-order valence-corrected chi connectivity index (χ2v) is 8.65. The van der Waals surface area contributed by atoms with Crippen molar-refractivity contribution in [1.29, 1.82) is 0 Å². The van der Waals surface area contributed by atoms with Crippen molar-refractivity contribution in [3.63, 3.8) is 0 Å². The van der Waals surface area contributed by atoms with Crippen molar-refractivity contribution < 1.29 is 13.9 Å². The minimum absolute atomic E-state index is 0.233. The molecule has 1 fully saturated rings. The molecule has 1 aliphatic rings. The van der Waals surface area contributed by atoms with E-state index in [0.29, 0.717) is 51.8 Å². The Morgan fingerprint density at radius 1 is 1.15 bits per heavy atom. The molecule has 0 aliphatic carbocycles. The highest BCUT2D eigenvalue weighted by atomic mass is 35.5. The fourth-order valence-electron chi connectivity index (χ4n) is 4.11. The van der Waals surface area contributed by atoms with Gasteiger partial charge in [-0.1, -0.05) is 29.3 Å². The highest BCUT2D eigenvalue weighted by molar-refractivity contribution is 6.32.